The summed E-state index contributed by atoms with van der Waals surface area (Å²) < 4.78 is 4.85. The number of rotatable bonds is 3. The van der Waals surface area contributed by atoms with Crippen LogP contribution in [0, 0.1) is 0 Å². The van der Waals surface area contributed by atoms with E-state index in [1.54, 1.807) is 6.92 Å². The van der Waals surface area contributed by atoms with E-state index in [0.717, 1.165) is 0 Å². The number of carbonyl (C=O) groups excluding carboxylic acids is 1. The first-order valence-electron chi connectivity index (χ1n) is 4.85. The lowest BCUT2D eigenvalue weighted by Gasteiger charge is -2.21. The predicted molar refractivity (Wildman–Crippen MR) is 56.9 cm³/mol. The molecule has 0 aromatic rings. The van der Waals surface area contributed by atoms with Gasteiger partial charge < -0.3 is 9.57 Å². The highest BCUT2D eigenvalue weighted by Gasteiger charge is 2.36. The van der Waals surface area contributed by atoms with Gasteiger partial charge in [0.1, 0.15) is 5.73 Å². The molecule has 0 radical (unpaired) electrons. The second kappa shape index (κ2) is 4.12. The van der Waals surface area contributed by atoms with Gasteiger partial charge in [0.05, 0.1) is 14.7 Å². The van der Waals surface area contributed by atoms with Crippen LogP contribution in [-0.2, 0) is 14.4 Å². The van der Waals surface area contributed by atoms with Crippen molar-refractivity contribution in [1.29, 1.82) is 0 Å². The van der Waals surface area contributed by atoms with Gasteiger partial charge in [0.25, 0.3) is 0 Å². The molecule has 5 heteroatoms. The smallest absolute Gasteiger partial charge is 0.356 e. The van der Waals surface area contributed by atoms with Crippen molar-refractivity contribution >= 4 is 19.8 Å². The molecular weight excluding hydrogens is 198 g/mol. The van der Waals surface area contributed by atoms with Gasteiger partial charge in [-0.15, -0.1) is 0 Å². The van der Waals surface area contributed by atoms with Crippen molar-refractivity contribution in [2.45, 2.75) is 38.7 Å². The number of esters is 1. The molecule has 4 nitrogen and oxygen atoms in total. The third-order valence-corrected chi connectivity index (χ3v) is 4.39. The van der Waals surface area contributed by atoms with Crippen molar-refractivity contribution in [3.05, 3.63) is 0 Å². The van der Waals surface area contributed by atoms with E-state index >= 15 is 0 Å². The highest BCUT2D eigenvalue weighted by molar-refractivity contribution is 6.77. The zero-order chi connectivity index (χ0) is 10.8. The quantitative estimate of drug-likeness (QED) is 0.530. The zero-order valence-corrected chi connectivity index (χ0v) is 10.2. The van der Waals surface area contributed by atoms with Crippen LogP contribution < -0.4 is 0 Å². The Morgan fingerprint density at radius 1 is 1.64 bits per heavy atom. The minimum absolute atomic E-state index is 0.113. The molecule has 1 aliphatic rings. The van der Waals surface area contributed by atoms with Crippen molar-refractivity contribution < 1.29 is 14.4 Å². The van der Waals surface area contributed by atoms with E-state index < -0.39 is 8.07 Å². The first-order chi connectivity index (χ1) is 6.45. The summed E-state index contributed by atoms with van der Waals surface area (Å²) in [5.41, 5.74) is 0.543. The van der Waals surface area contributed by atoms with E-state index in [0.29, 0.717) is 18.7 Å². The van der Waals surface area contributed by atoms with E-state index in [-0.39, 0.29) is 11.7 Å². The molecule has 0 aromatic heterocycles. The Morgan fingerprint density at radius 2 is 2.29 bits per heavy atom. The third-order valence-electron chi connectivity index (χ3n) is 2.15. The summed E-state index contributed by atoms with van der Waals surface area (Å²) in [5, 5.41) is 3.78. The van der Waals surface area contributed by atoms with Gasteiger partial charge in [0.2, 0.25) is 0 Å². The molecule has 0 saturated carbocycles. The maximum absolute atomic E-state index is 11.3. The maximum atomic E-state index is 11.3. The molecule has 0 amide bonds. The highest BCUT2D eigenvalue weighted by Crippen LogP contribution is 2.21. The van der Waals surface area contributed by atoms with E-state index in [4.69, 9.17) is 9.57 Å². The molecule has 0 fully saturated rings. The molecule has 0 aromatic carbocycles. The molecule has 14 heavy (non-hydrogen) atoms. The molecule has 1 rings (SSSR count). The zero-order valence-electron chi connectivity index (χ0n) is 9.16. The Labute approximate surface area is 85.3 Å². The van der Waals surface area contributed by atoms with Crippen molar-refractivity contribution in [2.75, 3.05) is 6.61 Å². The van der Waals surface area contributed by atoms with E-state index in [9.17, 15) is 4.79 Å². The van der Waals surface area contributed by atoms with Gasteiger partial charge in [-0.3, -0.25) is 0 Å². The predicted octanol–water partition coefficient (Wildman–Crippen LogP) is 1.57. The van der Waals surface area contributed by atoms with Crippen LogP contribution in [0.4, 0.5) is 0 Å². The Bertz CT molecular complexity index is 257. The third kappa shape index (κ3) is 2.57. The fourth-order valence-corrected chi connectivity index (χ4v) is 2.35. The van der Waals surface area contributed by atoms with Crippen molar-refractivity contribution in [3.8, 4) is 0 Å². The number of nitrogens with zero attached hydrogens (tertiary/aromatic N) is 1. The van der Waals surface area contributed by atoms with Crippen LogP contribution >= 0.6 is 0 Å². The lowest BCUT2D eigenvalue weighted by Crippen LogP contribution is -2.38. The molecule has 0 N–H and O–H groups in total. The summed E-state index contributed by atoms with van der Waals surface area (Å²) in [7, 11) is -1.38. The molecule has 1 aliphatic heterocycles. The normalized spacial score (nSPS) is 21.4. The van der Waals surface area contributed by atoms with Crippen molar-refractivity contribution in [1.82, 2.24) is 0 Å². The Balaban J connectivity index is 2.52. The van der Waals surface area contributed by atoms with Crippen LogP contribution in [0.5, 0.6) is 0 Å². The Kier molecular flexibility index (Phi) is 3.31. The van der Waals surface area contributed by atoms with Gasteiger partial charge in [0, 0.05) is 6.42 Å². The van der Waals surface area contributed by atoms with Gasteiger partial charge in [-0.1, -0.05) is 24.8 Å². The second-order valence-corrected chi connectivity index (χ2v) is 9.80. The lowest BCUT2D eigenvalue weighted by molar-refractivity contribution is -0.135. The Morgan fingerprint density at radius 3 is 2.71 bits per heavy atom. The molecule has 1 atom stereocenters. The number of ether oxygens (including phenoxy) is 1. The van der Waals surface area contributed by atoms with Crippen LogP contribution in [0.25, 0.3) is 0 Å². The highest BCUT2D eigenvalue weighted by atomic mass is 28.3. The molecule has 1 heterocycles. The molecule has 80 valence electrons. The van der Waals surface area contributed by atoms with Crippen molar-refractivity contribution in [3.63, 3.8) is 0 Å². The average Bonchev–Trinajstić information content (AvgIpc) is 2.51. The molecule has 1 unspecified atom stereocenters. The van der Waals surface area contributed by atoms with Crippen LogP contribution in [0.1, 0.15) is 13.3 Å². The standard InChI is InChI=1S/C9H17NO3Si/c1-5-12-9(11)7-6-8(13-10-7)14(2,3)4/h8H,5-6H2,1-4H3. The number of carbonyl (C=O) groups is 1. The van der Waals surface area contributed by atoms with Gasteiger partial charge >= 0.3 is 5.97 Å². The van der Waals surface area contributed by atoms with E-state index in [1.165, 1.54) is 0 Å². The van der Waals surface area contributed by atoms with E-state index in [1.807, 2.05) is 0 Å². The van der Waals surface area contributed by atoms with Gasteiger partial charge in [-0.05, 0) is 6.92 Å². The largest absolute Gasteiger partial charge is 0.461 e. The molecule has 0 bridgehead atoms. The van der Waals surface area contributed by atoms with Gasteiger partial charge in [-0.25, -0.2) is 4.79 Å². The number of hydrogen-bond acceptors (Lipinski definition) is 4. The number of hydrogen-bond donors (Lipinski definition) is 0. The molecule has 0 aliphatic carbocycles. The van der Waals surface area contributed by atoms with Crippen LogP contribution in [0.15, 0.2) is 5.16 Å². The monoisotopic (exact) mass is 215 g/mol. The first-order valence-corrected chi connectivity index (χ1v) is 8.42. The molecular formula is C9H17NO3Si. The summed E-state index contributed by atoms with van der Waals surface area (Å²) >= 11 is 0. The Hall–Kier alpha value is -0.843. The average molecular weight is 215 g/mol. The first kappa shape index (κ1) is 11.2. The summed E-state index contributed by atoms with van der Waals surface area (Å²) in [6.07, 6.45) is 0.606. The summed E-state index contributed by atoms with van der Waals surface area (Å²) in [4.78, 5) is 16.5. The minimum Gasteiger partial charge on any atom is -0.461 e. The topological polar surface area (TPSA) is 47.9 Å². The summed E-state index contributed by atoms with van der Waals surface area (Å²) in [6.45, 7) is 8.75. The molecule has 0 saturated heterocycles. The fourth-order valence-electron chi connectivity index (χ4n) is 1.18. The SMILES string of the molecule is CCOC(=O)C1=NOC([Si](C)(C)C)C1. The number of oxime groups is 1. The van der Waals surface area contributed by atoms with Crippen LogP contribution in [-0.4, -0.2) is 32.1 Å². The molecule has 0 spiro atoms. The van der Waals surface area contributed by atoms with E-state index in [2.05, 4.69) is 24.8 Å². The second-order valence-electron chi connectivity index (χ2n) is 4.42. The van der Waals surface area contributed by atoms with Crippen LogP contribution in [0.2, 0.25) is 19.6 Å². The van der Waals surface area contributed by atoms with Gasteiger partial charge in [-0.2, -0.15) is 0 Å². The van der Waals surface area contributed by atoms with Crippen molar-refractivity contribution in [2.24, 2.45) is 5.16 Å². The maximum Gasteiger partial charge on any atom is 0.356 e. The minimum atomic E-state index is -1.38. The fraction of sp³-hybridized carbons (Fsp3) is 0.778. The summed E-state index contributed by atoms with van der Waals surface area (Å²) in [5.74, 6) is -0.340. The summed E-state index contributed by atoms with van der Waals surface area (Å²) in [6, 6.07) is 0. The lowest BCUT2D eigenvalue weighted by atomic mass is 10.3. The van der Waals surface area contributed by atoms with Crippen LogP contribution in [0.3, 0.4) is 0 Å². The van der Waals surface area contributed by atoms with Gasteiger partial charge in [0.15, 0.2) is 5.71 Å².